The fourth-order valence-electron chi connectivity index (χ4n) is 3.57. The number of nitrogens with zero attached hydrogens (tertiary/aromatic N) is 4. The number of fused-ring (bicyclic) bond motifs is 1. The van der Waals surface area contributed by atoms with Gasteiger partial charge in [0.05, 0.1) is 17.8 Å². The summed E-state index contributed by atoms with van der Waals surface area (Å²) in [5, 5.41) is 22.1. The predicted octanol–water partition coefficient (Wildman–Crippen LogP) is 2.52. The van der Waals surface area contributed by atoms with Gasteiger partial charge in [-0.25, -0.2) is 9.97 Å². The molecule has 2 aromatic rings. The standard InChI is InChI=1S/C17H23N5O.H2O4S/c1-11(23)17-21-14-10-20-16(19-2)9-15(14)22(17)13-5-3-12(4-6-13)7-8-18;1-5(2,3)4/h9-13,23H,3-7H2,1-2H3,(H,19,20);(H2,1,2,3,4). The van der Waals surface area contributed by atoms with Gasteiger partial charge in [0.2, 0.25) is 0 Å². The molecule has 154 valence electrons. The third kappa shape index (κ3) is 5.87. The Morgan fingerprint density at radius 2 is 1.96 bits per heavy atom. The molecule has 0 radical (unpaired) electrons. The van der Waals surface area contributed by atoms with Crippen molar-refractivity contribution in [2.45, 2.75) is 51.2 Å². The number of rotatable bonds is 4. The highest BCUT2D eigenvalue weighted by molar-refractivity contribution is 7.79. The Morgan fingerprint density at radius 3 is 2.46 bits per heavy atom. The highest BCUT2D eigenvalue weighted by atomic mass is 32.3. The van der Waals surface area contributed by atoms with Crippen molar-refractivity contribution in [2.75, 3.05) is 12.4 Å². The van der Waals surface area contributed by atoms with E-state index in [1.165, 1.54) is 0 Å². The van der Waals surface area contributed by atoms with Gasteiger partial charge in [0.25, 0.3) is 0 Å². The van der Waals surface area contributed by atoms with Gasteiger partial charge in [-0.05, 0) is 38.5 Å². The summed E-state index contributed by atoms with van der Waals surface area (Å²) in [6.45, 7) is 1.76. The van der Waals surface area contributed by atoms with Crippen molar-refractivity contribution in [1.82, 2.24) is 14.5 Å². The van der Waals surface area contributed by atoms with E-state index in [1.54, 1.807) is 13.1 Å². The van der Waals surface area contributed by atoms with E-state index in [4.69, 9.17) is 22.8 Å². The highest BCUT2D eigenvalue weighted by Crippen LogP contribution is 2.37. The number of anilines is 1. The molecule has 1 atom stereocenters. The van der Waals surface area contributed by atoms with Crippen LogP contribution >= 0.6 is 0 Å². The summed E-state index contributed by atoms with van der Waals surface area (Å²) < 4.78 is 33.8. The van der Waals surface area contributed by atoms with E-state index in [0.717, 1.165) is 42.5 Å². The van der Waals surface area contributed by atoms with Crippen molar-refractivity contribution in [3.63, 3.8) is 0 Å². The van der Waals surface area contributed by atoms with E-state index in [0.29, 0.717) is 24.2 Å². The van der Waals surface area contributed by atoms with Crippen LogP contribution in [0, 0.1) is 17.2 Å². The maximum Gasteiger partial charge on any atom is 0.394 e. The average molecular weight is 411 g/mol. The molecule has 1 saturated carbocycles. The fourth-order valence-corrected chi connectivity index (χ4v) is 3.57. The van der Waals surface area contributed by atoms with Crippen LogP contribution in [-0.4, -0.2) is 44.2 Å². The molecule has 28 heavy (non-hydrogen) atoms. The summed E-state index contributed by atoms with van der Waals surface area (Å²) >= 11 is 0. The van der Waals surface area contributed by atoms with Crippen molar-refractivity contribution >= 4 is 27.3 Å². The lowest BCUT2D eigenvalue weighted by molar-refractivity contribution is 0.175. The van der Waals surface area contributed by atoms with E-state index < -0.39 is 16.5 Å². The van der Waals surface area contributed by atoms with Gasteiger partial charge < -0.3 is 15.0 Å². The summed E-state index contributed by atoms with van der Waals surface area (Å²) in [5.74, 6) is 2.02. The number of hydrogen-bond donors (Lipinski definition) is 4. The third-order valence-corrected chi connectivity index (χ3v) is 4.79. The van der Waals surface area contributed by atoms with Gasteiger partial charge in [-0.15, -0.1) is 0 Å². The summed E-state index contributed by atoms with van der Waals surface area (Å²) in [7, 11) is -2.82. The van der Waals surface area contributed by atoms with Gasteiger partial charge in [-0.3, -0.25) is 9.11 Å². The topological polar surface area (TPSA) is 161 Å². The van der Waals surface area contributed by atoms with Crippen molar-refractivity contribution in [3.05, 3.63) is 18.1 Å². The second-order valence-corrected chi connectivity index (χ2v) is 7.70. The van der Waals surface area contributed by atoms with Crippen LogP contribution in [0.5, 0.6) is 0 Å². The van der Waals surface area contributed by atoms with Crippen molar-refractivity contribution < 1.29 is 22.6 Å². The minimum absolute atomic E-state index is 0.326. The van der Waals surface area contributed by atoms with Crippen molar-refractivity contribution in [2.24, 2.45) is 5.92 Å². The minimum Gasteiger partial charge on any atom is -0.385 e. The lowest BCUT2D eigenvalue weighted by Crippen LogP contribution is -2.20. The molecule has 1 aliphatic carbocycles. The number of nitriles is 1. The second kappa shape index (κ2) is 9.29. The van der Waals surface area contributed by atoms with Crippen LogP contribution in [0.1, 0.15) is 57.0 Å². The highest BCUT2D eigenvalue weighted by Gasteiger charge is 2.27. The number of nitrogens with one attached hydrogen (secondary N) is 1. The molecule has 2 heterocycles. The Kier molecular flexibility index (Phi) is 7.31. The zero-order valence-electron chi connectivity index (χ0n) is 15.8. The maximum absolute atomic E-state index is 10.1. The molecule has 0 aliphatic heterocycles. The summed E-state index contributed by atoms with van der Waals surface area (Å²) in [5.41, 5.74) is 1.84. The number of hydrogen-bond acceptors (Lipinski definition) is 7. The molecule has 0 spiro atoms. The first-order chi connectivity index (χ1) is 13.1. The van der Waals surface area contributed by atoms with E-state index >= 15 is 0 Å². The van der Waals surface area contributed by atoms with Crippen LogP contribution in [0.3, 0.4) is 0 Å². The first-order valence-corrected chi connectivity index (χ1v) is 10.3. The lowest BCUT2D eigenvalue weighted by atomic mass is 9.84. The summed E-state index contributed by atoms with van der Waals surface area (Å²) in [6, 6.07) is 4.61. The van der Waals surface area contributed by atoms with Crippen molar-refractivity contribution in [3.8, 4) is 6.07 Å². The fraction of sp³-hybridized carbons (Fsp3) is 0.588. The molecule has 11 heteroatoms. The van der Waals surface area contributed by atoms with Crippen LogP contribution in [0.25, 0.3) is 11.0 Å². The van der Waals surface area contributed by atoms with Crippen LogP contribution in [-0.2, 0) is 10.4 Å². The Hall–Kier alpha value is -2.26. The van der Waals surface area contributed by atoms with Gasteiger partial charge in [0, 0.05) is 25.6 Å². The zero-order chi connectivity index (χ0) is 20.9. The van der Waals surface area contributed by atoms with Gasteiger partial charge in [-0.1, -0.05) is 0 Å². The molecule has 0 aromatic carbocycles. The Bertz CT molecular complexity index is 935. The van der Waals surface area contributed by atoms with E-state index in [-0.39, 0.29) is 0 Å². The molecule has 1 aliphatic rings. The molecule has 0 bridgehead atoms. The molecule has 0 saturated heterocycles. The van der Waals surface area contributed by atoms with Gasteiger partial charge in [0.1, 0.15) is 23.3 Å². The molecule has 0 amide bonds. The number of aliphatic hydroxyl groups is 1. The molecule has 1 fully saturated rings. The van der Waals surface area contributed by atoms with E-state index in [2.05, 4.69) is 25.9 Å². The first kappa shape index (κ1) is 22.0. The van der Waals surface area contributed by atoms with Crippen LogP contribution in [0.2, 0.25) is 0 Å². The third-order valence-electron chi connectivity index (χ3n) is 4.79. The van der Waals surface area contributed by atoms with Crippen LogP contribution < -0.4 is 5.32 Å². The largest absolute Gasteiger partial charge is 0.394 e. The number of aromatic nitrogens is 3. The summed E-state index contributed by atoms with van der Waals surface area (Å²) in [6.07, 6.45) is 5.95. The lowest BCUT2D eigenvalue weighted by Gasteiger charge is -2.30. The van der Waals surface area contributed by atoms with Crippen molar-refractivity contribution in [1.29, 1.82) is 5.26 Å². The van der Waals surface area contributed by atoms with Crippen LogP contribution in [0.4, 0.5) is 5.82 Å². The SMILES string of the molecule is CNc1cc2c(cn1)nc(C(C)O)n2C1CCC(CC#N)CC1.O=S(=O)(O)O. The zero-order valence-corrected chi connectivity index (χ0v) is 16.6. The van der Waals surface area contributed by atoms with Crippen LogP contribution in [0.15, 0.2) is 12.3 Å². The molecule has 3 rings (SSSR count). The van der Waals surface area contributed by atoms with Gasteiger partial charge in [0.15, 0.2) is 0 Å². The van der Waals surface area contributed by atoms with Gasteiger partial charge >= 0.3 is 10.4 Å². The quantitative estimate of drug-likeness (QED) is 0.554. The maximum atomic E-state index is 10.1. The van der Waals surface area contributed by atoms with E-state index in [1.807, 2.05) is 13.1 Å². The molecule has 1 unspecified atom stereocenters. The Labute approximate surface area is 163 Å². The molecular formula is C17H25N5O5S. The molecule has 2 aromatic heterocycles. The number of aliphatic hydroxyl groups excluding tert-OH is 1. The second-order valence-electron chi connectivity index (χ2n) is 6.81. The molecule has 10 nitrogen and oxygen atoms in total. The minimum atomic E-state index is -4.67. The number of imidazole rings is 1. The normalized spacial score (nSPS) is 20.7. The monoisotopic (exact) mass is 411 g/mol. The molecule has 4 N–H and O–H groups in total. The van der Waals surface area contributed by atoms with E-state index in [9.17, 15) is 5.11 Å². The Morgan fingerprint density at radius 1 is 1.36 bits per heavy atom. The Balaban J connectivity index is 0.000000500. The predicted molar refractivity (Wildman–Crippen MR) is 103 cm³/mol. The summed E-state index contributed by atoms with van der Waals surface area (Å²) in [4.78, 5) is 8.90. The number of pyridine rings is 1. The smallest absolute Gasteiger partial charge is 0.385 e. The first-order valence-electron chi connectivity index (χ1n) is 8.94. The average Bonchev–Trinajstić information content (AvgIpc) is 3.00. The molecular weight excluding hydrogens is 386 g/mol. The van der Waals surface area contributed by atoms with Gasteiger partial charge in [-0.2, -0.15) is 13.7 Å².